The molecule has 3 rings (SSSR count). The molecule has 1 heterocycles. The fraction of sp³-hybridized carbons (Fsp3) is 0.467. The number of nitrogens with zero attached hydrogens (tertiary/aromatic N) is 2. The Hall–Kier alpha value is -3.72. The zero-order valence-electron chi connectivity index (χ0n) is 23.4. The third kappa shape index (κ3) is 8.64. The maximum Gasteiger partial charge on any atom is 0.313 e. The second kappa shape index (κ2) is 13.9. The van der Waals surface area contributed by atoms with E-state index in [-0.39, 0.29) is 30.9 Å². The summed E-state index contributed by atoms with van der Waals surface area (Å²) in [7, 11) is 1.68. The molecule has 1 aliphatic heterocycles. The van der Waals surface area contributed by atoms with Gasteiger partial charge in [-0.2, -0.15) is 0 Å². The van der Waals surface area contributed by atoms with Crippen molar-refractivity contribution < 1.29 is 19.2 Å². The van der Waals surface area contributed by atoms with Crippen molar-refractivity contribution in [2.24, 2.45) is 5.41 Å². The summed E-state index contributed by atoms with van der Waals surface area (Å²) in [5.74, 6) is -1.77. The molecule has 9 heteroatoms. The lowest BCUT2D eigenvalue weighted by Gasteiger charge is -2.37. The van der Waals surface area contributed by atoms with E-state index in [0.717, 1.165) is 12.0 Å². The Morgan fingerprint density at radius 1 is 1.00 bits per heavy atom. The highest BCUT2D eigenvalue weighted by Gasteiger charge is 2.40. The molecule has 2 unspecified atom stereocenters. The molecule has 2 atom stereocenters. The molecule has 3 N–H and O–H groups in total. The lowest BCUT2D eigenvalue weighted by atomic mass is 9.85. The van der Waals surface area contributed by atoms with Crippen LogP contribution in [0, 0.1) is 5.41 Å². The monoisotopic (exact) mass is 535 g/mol. The standard InChI is InChI=1S/C30H41N5O4/c1-30(2,3)26(33-25(36)20-31-4)28(38)35-18-11-16-24(35)21-34(19-17-22-12-7-5-8-13-22)29(39)27(37)32-23-14-9-6-10-15-23/h5-10,12-15,24,26,31H,11,16-21H2,1-4H3,(H,32,37)(H,33,36). The van der Waals surface area contributed by atoms with Crippen molar-refractivity contribution in [1.29, 1.82) is 0 Å². The summed E-state index contributed by atoms with van der Waals surface area (Å²) >= 11 is 0. The molecule has 4 amide bonds. The van der Waals surface area contributed by atoms with E-state index in [2.05, 4.69) is 16.0 Å². The summed E-state index contributed by atoms with van der Waals surface area (Å²) in [4.78, 5) is 55.8. The molecule has 9 nitrogen and oxygen atoms in total. The summed E-state index contributed by atoms with van der Waals surface area (Å²) in [6.45, 7) is 6.99. The van der Waals surface area contributed by atoms with E-state index in [9.17, 15) is 19.2 Å². The molecule has 2 aromatic carbocycles. The number of anilines is 1. The highest BCUT2D eigenvalue weighted by atomic mass is 16.2. The lowest BCUT2D eigenvalue weighted by molar-refractivity contribution is -0.145. The van der Waals surface area contributed by atoms with Crippen molar-refractivity contribution in [3.63, 3.8) is 0 Å². The molecule has 2 aromatic rings. The van der Waals surface area contributed by atoms with Crippen LogP contribution in [-0.4, -0.2) is 78.7 Å². The van der Waals surface area contributed by atoms with Gasteiger partial charge in [0.05, 0.1) is 6.54 Å². The molecule has 1 aliphatic rings. The van der Waals surface area contributed by atoms with Crippen molar-refractivity contribution in [3.8, 4) is 0 Å². The number of nitrogens with one attached hydrogen (secondary N) is 3. The second-order valence-electron chi connectivity index (χ2n) is 11.0. The first kappa shape index (κ1) is 29.8. The van der Waals surface area contributed by atoms with Crippen molar-refractivity contribution in [2.75, 3.05) is 38.5 Å². The van der Waals surface area contributed by atoms with Crippen molar-refractivity contribution >= 4 is 29.3 Å². The Bertz CT molecular complexity index is 1120. The second-order valence-corrected chi connectivity index (χ2v) is 11.0. The highest BCUT2D eigenvalue weighted by Crippen LogP contribution is 2.26. The Morgan fingerprint density at radius 2 is 1.64 bits per heavy atom. The van der Waals surface area contributed by atoms with E-state index in [0.29, 0.717) is 31.6 Å². The molecular weight excluding hydrogens is 494 g/mol. The molecule has 0 spiro atoms. The van der Waals surface area contributed by atoms with Gasteiger partial charge >= 0.3 is 11.8 Å². The third-order valence-electron chi connectivity index (χ3n) is 6.87. The van der Waals surface area contributed by atoms with Crippen molar-refractivity contribution in [1.82, 2.24) is 20.4 Å². The number of carbonyl (C=O) groups is 4. The first-order valence-electron chi connectivity index (χ1n) is 13.5. The predicted molar refractivity (Wildman–Crippen MR) is 152 cm³/mol. The Balaban J connectivity index is 1.78. The maximum atomic E-state index is 13.8. The van der Waals surface area contributed by atoms with Gasteiger partial charge in [-0.05, 0) is 49.4 Å². The number of para-hydroxylation sites is 1. The third-order valence-corrected chi connectivity index (χ3v) is 6.87. The van der Waals surface area contributed by atoms with Crippen LogP contribution in [0.2, 0.25) is 0 Å². The number of likely N-dealkylation sites (N-methyl/N-ethyl adjacent to an activating group) is 1. The first-order valence-corrected chi connectivity index (χ1v) is 13.5. The minimum atomic E-state index is -0.714. The Kier molecular flexibility index (Phi) is 10.6. The maximum absolute atomic E-state index is 13.8. The summed E-state index contributed by atoms with van der Waals surface area (Å²) in [6, 6.07) is 17.7. The van der Waals surface area contributed by atoms with Gasteiger partial charge in [0.25, 0.3) is 0 Å². The number of hydrogen-bond donors (Lipinski definition) is 3. The van der Waals surface area contributed by atoms with Crippen LogP contribution < -0.4 is 16.0 Å². The van der Waals surface area contributed by atoms with Crippen molar-refractivity contribution in [2.45, 2.75) is 52.1 Å². The summed E-state index contributed by atoms with van der Waals surface area (Å²) in [5.41, 5.74) is 1.09. The lowest BCUT2D eigenvalue weighted by Crippen LogP contribution is -2.58. The van der Waals surface area contributed by atoms with Crippen LogP contribution in [0.5, 0.6) is 0 Å². The van der Waals surface area contributed by atoms with E-state index < -0.39 is 23.3 Å². The van der Waals surface area contributed by atoms with Gasteiger partial charge in [0.1, 0.15) is 6.04 Å². The quantitative estimate of drug-likeness (QED) is 0.405. The van der Waals surface area contributed by atoms with Crippen LogP contribution in [0.1, 0.15) is 39.2 Å². The molecule has 0 aromatic heterocycles. The van der Waals surface area contributed by atoms with Gasteiger partial charge in [-0.1, -0.05) is 69.3 Å². The predicted octanol–water partition coefficient (Wildman–Crippen LogP) is 2.44. The van der Waals surface area contributed by atoms with E-state index >= 15 is 0 Å². The SMILES string of the molecule is CNCC(=O)NC(C(=O)N1CCCC1CN(CCc1ccccc1)C(=O)C(=O)Nc1ccccc1)C(C)(C)C. The minimum Gasteiger partial charge on any atom is -0.343 e. The largest absolute Gasteiger partial charge is 0.343 e. The molecule has 1 fully saturated rings. The van der Waals surface area contributed by atoms with E-state index in [1.807, 2.05) is 57.2 Å². The number of rotatable bonds is 10. The summed E-state index contributed by atoms with van der Waals surface area (Å²) in [5, 5.41) is 8.39. The normalized spacial score (nSPS) is 15.9. The average Bonchev–Trinajstić information content (AvgIpc) is 3.38. The molecule has 0 saturated carbocycles. The van der Waals surface area contributed by atoms with Crippen LogP contribution in [0.15, 0.2) is 60.7 Å². The molecule has 210 valence electrons. The van der Waals surface area contributed by atoms with Crippen LogP contribution >= 0.6 is 0 Å². The minimum absolute atomic E-state index is 0.113. The van der Waals surface area contributed by atoms with Crippen LogP contribution in [0.25, 0.3) is 0 Å². The topological polar surface area (TPSA) is 111 Å². The highest BCUT2D eigenvalue weighted by molar-refractivity contribution is 6.39. The number of carbonyl (C=O) groups excluding carboxylic acids is 4. The zero-order chi connectivity index (χ0) is 28.4. The number of likely N-dealkylation sites (tertiary alicyclic amines) is 1. The number of amides is 4. The number of hydrogen-bond acceptors (Lipinski definition) is 5. The Morgan fingerprint density at radius 3 is 2.26 bits per heavy atom. The molecular formula is C30H41N5O4. The van der Waals surface area contributed by atoms with E-state index in [4.69, 9.17) is 0 Å². The average molecular weight is 536 g/mol. The molecule has 0 aliphatic carbocycles. The number of benzene rings is 2. The molecule has 0 radical (unpaired) electrons. The fourth-order valence-corrected chi connectivity index (χ4v) is 4.79. The van der Waals surface area contributed by atoms with Gasteiger partial charge < -0.3 is 25.8 Å². The van der Waals surface area contributed by atoms with Crippen LogP contribution in [0.3, 0.4) is 0 Å². The van der Waals surface area contributed by atoms with Crippen molar-refractivity contribution in [3.05, 3.63) is 66.2 Å². The fourth-order valence-electron chi connectivity index (χ4n) is 4.79. The van der Waals surface area contributed by atoms with Crippen LogP contribution in [-0.2, 0) is 25.6 Å². The Labute approximate surface area is 231 Å². The van der Waals surface area contributed by atoms with Gasteiger partial charge in [0, 0.05) is 31.4 Å². The molecule has 0 bridgehead atoms. The van der Waals surface area contributed by atoms with Gasteiger partial charge in [0.15, 0.2) is 0 Å². The zero-order valence-corrected chi connectivity index (χ0v) is 23.4. The first-order chi connectivity index (χ1) is 18.6. The summed E-state index contributed by atoms with van der Waals surface area (Å²) in [6.07, 6.45) is 2.08. The van der Waals surface area contributed by atoms with Gasteiger partial charge in [-0.25, -0.2) is 0 Å². The smallest absolute Gasteiger partial charge is 0.313 e. The summed E-state index contributed by atoms with van der Waals surface area (Å²) < 4.78 is 0. The van der Waals surface area contributed by atoms with E-state index in [1.54, 1.807) is 41.1 Å². The molecule has 1 saturated heterocycles. The van der Waals surface area contributed by atoms with Gasteiger partial charge in [-0.3, -0.25) is 19.2 Å². The van der Waals surface area contributed by atoms with Crippen LogP contribution in [0.4, 0.5) is 5.69 Å². The van der Waals surface area contributed by atoms with E-state index in [1.165, 1.54) is 0 Å². The van der Waals surface area contributed by atoms with Gasteiger partial charge in [-0.15, -0.1) is 0 Å². The van der Waals surface area contributed by atoms with Gasteiger partial charge in [0.2, 0.25) is 11.8 Å². The molecule has 39 heavy (non-hydrogen) atoms.